The number of imide groups is 1. The zero-order valence-corrected chi connectivity index (χ0v) is 20.3. The largest absolute Gasteiger partial charge is 0.496 e. The summed E-state index contributed by atoms with van der Waals surface area (Å²) in [5, 5.41) is 24.1. The first-order valence-electron chi connectivity index (χ1n) is 10.2. The first-order valence-corrected chi connectivity index (χ1v) is 11.4. The van der Waals surface area contributed by atoms with Crippen LogP contribution in [0.3, 0.4) is 0 Å². The summed E-state index contributed by atoms with van der Waals surface area (Å²) in [6.45, 7) is 3.08. The molecule has 2 amide bonds. The lowest BCUT2D eigenvalue weighted by Crippen LogP contribution is -2.62. The van der Waals surface area contributed by atoms with E-state index in [2.05, 4.69) is 21.2 Å². The van der Waals surface area contributed by atoms with E-state index in [0.717, 1.165) is 10.5 Å². The van der Waals surface area contributed by atoms with Crippen molar-refractivity contribution in [3.63, 3.8) is 0 Å². The summed E-state index contributed by atoms with van der Waals surface area (Å²) in [5.41, 5.74) is -0.573. The van der Waals surface area contributed by atoms with Crippen molar-refractivity contribution < 1.29 is 29.3 Å². The van der Waals surface area contributed by atoms with Gasteiger partial charge < -0.3 is 14.9 Å². The van der Waals surface area contributed by atoms with Crippen LogP contribution in [-0.4, -0.2) is 46.7 Å². The van der Waals surface area contributed by atoms with Gasteiger partial charge in [0.1, 0.15) is 5.75 Å². The molecule has 2 fully saturated rings. The van der Waals surface area contributed by atoms with Gasteiger partial charge in [-0.25, -0.2) is 4.90 Å². The second-order valence-electron chi connectivity index (χ2n) is 8.31. The van der Waals surface area contributed by atoms with E-state index in [0.29, 0.717) is 20.8 Å². The number of carbonyl (C=O) groups is 3. The summed E-state index contributed by atoms with van der Waals surface area (Å²) in [6, 6.07) is 8.99. The maximum atomic E-state index is 13.7. The van der Waals surface area contributed by atoms with Crippen molar-refractivity contribution >= 4 is 51.0 Å². The van der Waals surface area contributed by atoms with E-state index >= 15 is 0 Å². The molecule has 2 aliphatic heterocycles. The normalized spacial score (nSPS) is 27.6. The number of aliphatic hydroxyl groups is 1. The number of fused-ring (bicyclic) bond motifs is 1. The number of carboxylic acid groups (broad SMARTS) is 1. The van der Waals surface area contributed by atoms with E-state index in [1.54, 1.807) is 37.3 Å². The number of benzene rings is 2. The Bertz CT molecular complexity index is 1170. The van der Waals surface area contributed by atoms with Crippen LogP contribution in [0.15, 0.2) is 40.9 Å². The number of aryl methyl sites for hydroxylation is 1. The van der Waals surface area contributed by atoms with Gasteiger partial charge in [0, 0.05) is 21.1 Å². The van der Waals surface area contributed by atoms with Crippen LogP contribution in [0.1, 0.15) is 24.1 Å². The molecular formula is C23H22BrClN2O6. The first-order chi connectivity index (χ1) is 15.5. The molecular weight excluding hydrogens is 516 g/mol. The van der Waals surface area contributed by atoms with Gasteiger partial charge in [0.05, 0.1) is 30.7 Å². The van der Waals surface area contributed by atoms with Gasteiger partial charge in [-0.1, -0.05) is 33.6 Å². The average molecular weight is 538 g/mol. The van der Waals surface area contributed by atoms with E-state index < -0.39 is 47.3 Å². The van der Waals surface area contributed by atoms with Crippen molar-refractivity contribution in [2.75, 3.05) is 12.0 Å². The summed E-state index contributed by atoms with van der Waals surface area (Å²) in [5.74, 6) is -4.74. The fourth-order valence-corrected chi connectivity index (χ4v) is 5.45. The molecule has 0 bridgehead atoms. The van der Waals surface area contributed by atoms with Gasteiger partial charge in [-0.3, -0.25) is 19.7 Å². The summed E-state index contributed by atoms with van der Waals surface area (Å²) >= 11 is 9.63. The number of amides is 2. The third-order valence-corrected chi connectivity index (χ3v) is 7.45. The van der Waals surface area contributed by atoms with Crippen molar-refractivity contribution in [1.82, 2.24) is 5.32 Å². The molecule has 2 aromatic carbocycles. The van der Waals surface area contributed by atoms with Crippen LogP contribution in [-0.2, 0) is 14.4 Å². The first kappa shape index (κ1) is 23.7. The van der Waals surface area contributed by atoms with Crippen molar-refractivity contribution in [2.45, 2.75) is 31.5 Å². The molecule has 4 rings (SSSR count). The maximum absolute atomic E-state index is 13.7. The van der Waals surface area contributed by atoms with Gasteiger partial charge in [-0.05, 0) is 49.7 Å². The van der Waals surface area contributed by atoms with Gasteiger partial charge >= 0.3 is 5.97 Å². The number of ether oxygens (including phenoxy) is 1. The Balaban J connectivity index is 1.92. The molecule has 174 valence electrons. The van der Waals surface area contributed by atoms with E-state index in [-0.39, 0.29) is 5.69 Å². The zero-order chi connectivity index (χ0) is 24.2. The topological polar surface area (TPSA) is 116 Å². The van der Waals surface area contributed by atoms with Crippen molar-refractivity contribution in [1.29, 1.82) is 0 Å². The number of rotatable bonds is 5. The highest BCUT2D eigenvalue weighted by atomic mass is 79.9. The Hall–Kier alpha value is -2.46. The van der Waals surface area contributed by atoms with Gasteiger partial charge in [0.2, 0.25) is 11.8 Å². The molecule has 2 aliphatic rings. The Morgan fingerprint density at radius 2 is 1.94 bits per heavy atom. The van der Waals surface area contributed by atoms with Gasteiger partial charge in [-0.15, -0.1) is 0 Å². The molecule has 8 nitrogen and oxygen atoms in total. The Morgan fingerprint density at radius 1 is 1.24 bits per heavy atom. The van der Waals surface area contributed by atoms with Gasteiger partial charge in [0.25, 0.3) is 0 Å². The predicted octanol–water partition coefficient (Wildman–Crippen LogP) is 3.07. The SMILES string of the molecule is COc1ccc(Br)cc1C1NC(C(=O)O)(C(C)O)C2C(=O)N(c3ccc(C)c(Cl)c3)C(=O)C12. The standard InChI is InChI=1S/C23H22BrClN2O6/c1-10-4-6-13(9-15(10)25)27-20(29)17-18(21(27)30)23(11(2)28,22(31)32)26-19(17)14-8-12(24)5-7-16(14)33-3/h4-9,11,17-19,26,28H,1-3H3,(H,31,32). The predicted molar refractivity (Wildman–Crippen MR) is 124 cm³/mol. The van der Waals surface area contributed by atoms with Crippen molar-refractivity contribution in [3.8, 4) is 5.75 Å². The lowest BCUT2D eigenvalue weighted by Gasteiger charge is -2.33. The fraction of sp³-hybridized carbons (Fsp3) is 0.348. The van der Waals surface area contributed by atoms with Crippen molar-refractivity contribution in [3.05, 3.63) is 57.0 Å². The van der Waals surface area contributed by atoms with E-state index in [1.807, 2.05) is 0 Å². The molecule has 3 N–H and O–H groups in total. The van der Waals surface area contributed by atoms with Crippen LogP contribution in [0.4, 0.5) is 5.69 Å². The second kappa shape index (κ2) is 8.39. The highest BCUT2D eigenvalue weighted by Gasteiger charge is 2.70. The number of nitrogens with zero attached hydrogens (tertiary/aromatic N) is 1. The lowest BCUT2D eigenvalue weighted by atomic mass is 9.76. The number of carbonyl (C=O) groups excluding carboxylic acids is 2. The number of aliphatic hydroxyl groups excluding tert-OH is 1. The number of aliphatic carboxylic acids is 1. The summed E-state index contributed by atoms with van der Waals surface area (Å²) in [7, 11) is 1.46. The minimum absolute atomic E-state index is 0.250. The van der Waals surface area contributed by atoms with Crippen LogP contribution < -0.4 is 15.0 Å². The third-order valence-electron chi connectivity index (χ3n) is 6.55. The fourth-order valence-electron chi connectivity index (χ4n) is 4.89. The second-order valence-corrected chi connectivity index (χ2v) is 9.63. The highest BCUT2D eigenvalue weighted by Crippen LogP contribution is 2.52. The van der Waals surface area contributed by atoms with E-state index in [4.69, 9.17) is 16.3 Å². The quantitative estimate of drug-likeness (QED) is 0.502. The molecule has 5 atom stereocenters. The molecule has 10 heteroatoms. The van der Waals surface area contributed by atoms with Crippen LogP contribution in [0.2, 0.25) is 5.02 Å². The minimum Gasteiger partial charge on any atom is -0.496 e. The molecule has 0 saturated carbocycles. The highest BCUT2D eigenvalue weighted by molar-refractivity contribution is 9.10. The summed E-state index contributed by atoms with van der Waals surface area (Å²) in [4.78, 5) is 40.8. The van der Waals surface area contributed by atoms with Crippen molar-refractivity contribution in [2.24, 2.45) is 11.8 Å². The molecule has 2 aromatic rings. The molecule has 0 aromatic heterocycles. The Kier molecular flexibility index (Phi) is 6.03. The molecule has 0 radical (unpaired) electrons. The number of nitrogens with one attached hydrogen (secondary N) is 1. The number of methoxy groups -OCH3 is 1. The maximum Gasteiger partial charge on any atom is 0.327 e. The summed E-state index contributed by atoms with van der Waals surface area (Å²) in [6.07, 6.45) is -1.48. The van der Waals surface area contributed by atoms with Crippen LogP contribution in [0, 0.1) is 18.8 Å². The molecule has 0 spiro atoms. The molecule has 5 unspecified atom stereocenters. The number of hydrogen-bond acceptors (Lipinski definition) is 6. The van der Waals surface area contributed by atoms with Gasteiger partial charge in [0.15, 0.2) is 5.54 Å². The van der Waals surface area contributed by atoms with Crippen LogP contribution in [0.25, 0.3) is 0 Å². The molecule has 2 heterocycles. The van der Waals surface area contributed by atoms with Crippen LogP contribution in [0.5, 0.6) is 5.75 Å². The number of anilines is 1. The van der Waals surface area contributed by atoms with Gasteiger partial charge in [-0.2, -0.15) is 0 Å². The molecule has 0 aliphatic carbocycles. The Morgan fingerprint density at radius 3 is 2.52 bits per heavy atom. The van der Waals surface area contributed by atoms with E-state index in [1.165, 1.54) is 20.1 Å². The monoisotopic (exact) mass is 536 g/mol. The Labute approximate surface area is 203 Å². The minimum atomic E-state index is -2.08. The van der Waals surface area contributed by atoms with Crippen LogP contribution >= 0.6 is 27.5 Å². The smallest absolute Gasteiger partial charge is 0.327 e. The lowest BCUT2D eigenvalue weighted by molar-refractivity contribution is -0.154. The van der Waals surface area contributed by atoms with E-state index in [9.17, 15) is 24.6 Å². The number of halogens is 2. The molecule has 33 heavy (non-hydrogen) atoms. The third kappa shape index (κ3) is 3.45. The number of carboxylic acids is 1. The average Bonchev–Trinajstić information content (AvgIpc) is 3.25. The number of hydrogen-bond donors (Lipinski definition) is 3. The summed E-state index contributed by atoms with van der Waals surface area (Å²) < 4.78 is 6.14. The zero-order valence-electron chi connectivity index (χ0n) is 18.0. The molecule has 2 saturated heterocycles.